The second-order valence-electron chi connectivity index (χ2n) is 5.25. The normalized spacial score (nSPS) is 10.9. The van der Waals surface area contributed by atoms with Crippen LogP contribution in [0.4, 0.5) is 10.7 Å². The molecule has 0 saturated carbocycles. The Kier molecular flexibility index (Phi) is 5.88. The van der Waals surface area contributed by atoms with Crippen molar-refractivity contribution in [1.82, 2.24) is 14.7 Å². The fourth-order valence-corrected chi connectivity index (χ4v) is 3.27. The maximum Gasteiger partial charge on any atom is 0.339 e. The lowest BCUT2D eigenvalue weighted by molar-refractivity contribution is 0.0521. The van der Waals surface area contributed by atoms with E-state index in [0.717, 1.165) is 0 Å². The van der Waals surface area contributed by atoms with Gasteiger partial charge in [0.15, 0.2) is 0 Å². The first kappa shape index (κ1) is 19.3. The summed E-state index contributed by atoms with van der Waals surface area (Å²) in [4.78, 5) is 31.6. The predicted octanol–water partition coefficient (Wildman–Crippen LogP) is 1.78. The number of hydrogen-bond acceptors (Lipinski definition) is 7. The van der Waals surface area contributed by atoms with Crippen molar-refractivity contribution >= 4 is 28.0 Å². The van der Waals surface area contributed by atoms with Crippen molar-refractivity contribution in [3.8, 4) is 0 Å². The van der Waals surface area contributed by atoms with Crippen LogP contribution in [0.3, 0.4) is 0 Å². The Morgan fingerprint density at radius 3 is 2.35 bits per heavy atom. The minimum atomic E-state index is -4.31. The van der Waals surface area contributed by atoms with Gasteiger partial charge in [-0.2, -0.15) is 0 Å². The Balaban J connectivity index is 2.23. The molecule has 2 amide bonds. The summed E-state index contributed by atoms with van der Waals surface area (Å²) in [6.45, 7) is 5.11. The van der Waals surface area contributed by atoms with Gasteiger partial charge in [-0.05, 0) is 39.0 Å². The van der Waals surface area contributed by atoms with Crippen LogP contribution in [-0.2, 0) is 14.8 Å². The van der Waals surface area contributed by atoms with Gasteiger partial charge in [0.05, 0.1) is 12.2 Å². The highest BCUT2D eigenvalue weighted by Crippen LogP contribution is 2.16. The van der Waals surface area contributed by atoms with Crippen molar-refractivity contribution in [2.45, 2.75) is 25.7 Å². The molecule has 2 rings (SSSR count). The number of aryl methyl sites for hydroxylation is 2. The van der Waals surface area contributed by atoms with Crippen LogP contribution in [0.25, 0.3) is 0 Å². The van der Waals surface area contributed by atoms with Gasteiger partial charge in [-0.25, -0.2) is 32.7 Å². The summed E-state index contributed by atoms with van der Waals surface area (Å²) in [6, 6.07) is 6.09. The molecule has 0 spiro atoms. The lowest BCUT2D eigenvalue weighted by Gasteiger charge is -2.11. The molecule has 26 heavy (non-hydrogen) atoms. The van der Waals surface area contributed by atoms with Gasteiger partial charge < -0.3 is 4.74 Å². The molecular formula is C16H18N4O5S. The summed E-state index contributed by atoms with van der Waals surface area (Å²) in [6.07, 6.45) is 0. The molecule has 0 saturated heterocycles. The predicted molar refractivity (Wildman–Crippen MR) is 93.2 cm³/mol. The maximum absolute atomic E-state index is 12.5. The number of carbonyl (C=O) groups excluding carboxylic acids is 2. The number of hydrogen-bond donors (Lipinski definition) is 2. The number of carbonyl (C=O) groups is 2. The number of anilines is 1. The number of esters is 1. The van der Waals surface area contributed by atoms with Gasteiger partial charge in [-0.1, -0.05) is 12.1 Å². The van der Waals surface area contributed by atoms with E-state index >= 15 is 0 Å². The van der Waals surface area contributed by atoms with Crippen LogP contribution in [0, 0.1) is 13.8 Å². The van der Waals surface area contributed by atoms with Crippen molar-refractivity contribution in [2.24, 2.45) is 0 Å². The largest absolute Gasteiger partial charge is 0.462 e. The van der Waals surface area contributed by atoms with E-state index in [1.807, 2.05) is 4.72 Å². The summed E-state index contributed by atoms with van der Waals surface area (Å²) in [5.74, 6) is -0.833. The zero-order valence-electron chi connectivity index (χ0n) is 14.4. The smallest absolute Gasteiger partial charge is 0.339 e. The molecule has 0 aliphatic heterocycles. The van der Waals surface area contributed by atoms with Crippen LogP contribution in [0.1, 0.15) is 28.7 Å². The third-order valence-electron chi connectivity index (χ3n) is 3.11. The van der Waals surface area contributed by atoms with E-state index in [0.29, 0.717) is 11.4 Å². The summed E-state index contributed by atoms with van der Waals surface area (Å²) in [5.41, 5.74) is 1.06. The highest BCUT2D eigenvalue weighted by Gasteiger charge is 2.25. The Bertz CT molecular complexity index is 923. The Labute approximate surface area is 150 Å². The molecule has 0 aliphatic carbocycles. The minimum Gasteiger partial charge on any atom is -0.462 e. The number of sulfonamides is 1. The first-order valence-corrected chi connectivity index (χ1v) is 9.13. The number of nitrogens with one attached hydrogen (secondary N) is 2. The van der Waals surface area contributed by atoms with Crippen LogP contribution in [0.15, 0.2) is 35.2 Å². The number of benzene rings is 1. The molecule has 2 N–H and O–H groups in total. The van der Waals surface area contributed by atoms with Gasteiger partial charge in [0, 0.05) is 11.4 Å². The number of rotatable bonds is 5. The molecule has 0 aliphatic rings. The van der Waals surface area contributed by atoms with E-state index in [9.17, 15) is 18.0 Å². The quantitative estimate of drug-likeness (QED) is 0.759. The monoisotopic (exact) mass is 378 g/mol. The SMILES string of the molecule is CCOC(=O)c1ccccc1S(=O)(=O)NC(=O)Nc1nc(C)cc(C)n1. The third kappa shape index (κ3) is 4.76. The van der Waals surface area contributed by atoms with Crippen molar-refractivity contribution in [3.05, 3.63) is 47.3 Å². The van der Waals surface area contributed by atoms with E-state index in [4.69, 9.17) is 4.74 Å². The summed E-state index contributed by atoms with van der Waals surface area (Å²) in [5, 5.41) is 2.26. The number of urea groups is 1. The van der Waals surface area contributed by atoms with Gasteiger partial charge >= 0.3 is 12.0 Å². The average molecular weight is 378 g/mol. The van der Waals surface area contributed by atoms with Crippen molar-refractivity contribution < 1.29 is 22.7 Å². The van der Waals surface area contributed by atoms with E-state index in [2.05, 4.69) is 15.3 Å². The molecular weight excluding hydrogens is 360 g/mol. The van der Waals surface area contributed by atoms with E-state index in [1.54, 1.807) is 26.8 Å². The van der Waals surface area contributed by atoms with E-state index in [1.165, 1.54) is 24.3 Å². The lowest BCUT2D eigenvalue weighted by Crippen LogP contribution is -2.35. The van der Waals surface area contributed by atoms with E-state index < -0.39 is 22.0 Å². The Hall–Kier alpha value is -3.01. The van der Waals surface area contributed by atoms with E-state index in [-0.39, 0.29) is 23.0 Å². The number of ether oxygens (including phenoxy) is 1. The Morgan fingerprint density at radius 1 is 1.12 bits per heavy atom. The van der Waals surface area contributed by atoms with Crippen LogP contribution >= 0.6 is 0 Å². The van der Waals surface area contributed by atoms with Crippen LogP contribution in [0.5, 0.6) is 0 Å². The van der Waals surface area contributed by atoms with Crippen molar-refractivity contribution in [2.75, 3.05) is 11.9 Å². The van der Waals surface area contributed by atoms with Gasteiger partial charge in [0.1, 0.15) is 4.90 Å². The summed E-state index contributed by atoms with van der Waals surface area (Å²) in [7, 11) is -4.31. The highest BCUT2D eigenvalue weighted by atomic mass is 32.2. The lowest BCUT2D eigenvalue weighted by atomic mass is 10.2. The van der Waals surface area contributed by atoms with Crippen molar-refractivity contribution in [1.29, 1.82) is 0 Å². The fraction of sp³-hybridized carbons (Fsp3) is 0.250. The zero-order valence-corrected chi connectivity index (χ0v) is 15.3. The molecule has 1 heterocycles. The molecule has 0 atom stereocenters. The molecule has 0 fully saturated rings. The second kappa shape index (κ2) is 7.91. The molecule has 1 aromatic carbocycles. The van der Waals surface area contributed by atoms with Gasteiger partial charge in [-0.15, -0.1) is 0 Å². The molecule has 0 unspecified atom stereocenters. The average Bonchev–Trinajstić information content (AvgIpc) is 2.53. The molecule has 0 bridgehead atoms. The highest BCUT2D eigenvalue weighted by molar-refractivity contribution is 7.90. The first-order chi connectivity index (χ1) is 12.2. The molecule has 2 aromatic rings. The van der Waals surface area contributed by atoms with Crippen LogP contribution < -0.4 is 10.0 Å². The number of nitrogens with zero attached hydrogens (tertiary/aromatic N) is 2. The van der Waals surface area contributed by atoms with Gasteiger partial charge in [-0.3, -0.25) is 5.32 Å². The van der Waals surface area contributed by atoms with Crippen LogP contribution in [0.2, 0.25) is 0 Å². The first-order valence-electron chi connectivity index (χ1n) is 7.65. The zero-order chi connectivity index (χ0) is 19.3. The molecule has 9 nitrogen and oxygen atoms in total. The number of aromatic nitrogens is 2. The molecule has 0 radical (unpaired) electrons. The maximum atomic E-state index is 12.5. The molecule has 138 valence electrons. The summed E-state index contributed by atoms with van der Waals surface area (Å²) >= 11 is 0. The fourth-order valence-electron chi connectivity index (χ4n) is 2.16. The van der Waals surface area contributed by atoms with Gasteiger partial charge in [0.2, 0.25) is 5.95 Å². The van der Waals surface area contributed by atoms with Crippen LogP contribution in [-0.4, -0.2) is 37.0 Å². The Morgan fingerprint density at radius 2 is 1.73 bits per heavy atom. The topological polar surface area (TPSA) is 127 Å². The standard InChI is InChI=1S/C16H18N4O5S/c1-4-25-14(21)12-7-5-6-8-13(12)26(23,24)20-16(22)19-15-17-10(2)9-11(3)18-15/h5-9H,4H2,1-3H3,(H2,17,18,19,20,22). The molecule has 10 heteroatoms. The minimum absolute atomic E-state index is 0.0334. The number of amides is 2. The van der Waals surface area contributed by atoms with Gasteiger partial charge in [0.25, 0.3) is 10.0 Å². The summed E-state index contributed by atoms with van der Waals surface area (Å²) < 4.78 is 31.6. The second-order valence-corrected chi connectivity index (χ2v) is 6.90. The molecule has 1 aromatic heterocycles. The van der Waals surface area contributed by atoms with Crippen molar-refractivity contribution in [3.63, 3.8) is 0 Å². The third-order valence-corrected chi connectivity index (χ3v) is 4.50.